The van der Waals surface area contributed by atoms with Crippen LogP contribution in [0.25, 0.3) is 17.2 Å². The highest BCUT2D eigenvalue weighted by molar-refractivity contribution is 6.07. The predicted molar refractivity (Wildman–Crippen MR) is 118 cm³/mol. The number of pyridine rings is 1. The van der Waals surface area contributed by atoms with Gasteiger partial charge in [0.1, 0.15) is 23.3 Å². The molecular weight excluding hydrogens is 505 g/mol. The van der Waals surface area contributed by atoms with Crippen molar-refractivity contribution in [1.82, 2.24) is 34.5 Å². The number of nitrogens with zero attached hydrogens (tertiary/aromatic N) is 6. The number of rotatable bonds is 5. The van der Waals surface area contributed by atoms with Crippen LogP contribution >= 0.6 is 0 Å². The van der Waals surface area contributed by atoms with Crippen molar-refractivity contribution in [3.8, 4) is 11.5 Å². The highest BCUT2D eigenvalue weighted by Crippen LogP contribution is 2.40. The fourth-order valence-corrected chi connectivity index (χ4v) is 4.03. The Morgan fingerprint density at radius 1 is 1.11 bits per heavy atom. The Morgan fingerprint density at radius 2 is 1.86 bits per heavy atom. The third-order valence-electron chi connectivity index (χ3n) is 6.07. The summed E-state index contributed by atoms with van der Waals surface area (Å²) < 4.78 is 66.1. The molecule has 37 heavy (non-hydrogen) atoms. The molecule has 0 spiro atoms. The van der Waals surface area contributed by atoms with E-state index in [1.807, 2.05) is 0 Å². The molecular formula is C21H16F5N9O2. The SMILES string of the molecule is CC1(c2ccc(N)cn2)C(=O)Nc2nc(-c3cn4ncnc4c(CCC(F)(F)C(F)(F)F)n3)[nH]c(=O)c21. The number of hydrogen-bond donors (Lipinski definition) is 3. The van der Waals surface area contributed by atoms with E-state index in [2.05, 4.69) is 35.3 Å². The van der Waals surface area contributed by atoms with Crippen LogP contribution in [0, 0.1) is 0 Å². The Kier molecular flexibility index (Phi) is 5.24. The number of alkyl halides is 5. The number of anilines is 2. The number of nitrogens with one attached hydrogen (secondary N) is 2. The average molecular weight is 521 g/mol. The lowest BCUT2D eigenvalue weighted by Gasteiger charge is -2.20. The third-order valence-corrected chi connectivity index (χ3v) is 6.07. The number of amides is 1. The van der Waals surface area contributed by atoms with E-state index in [1.54, 1.807) is 0 Å². The molecule has 4 aromatic rings. The van der Waals surface area contributed by atoms with E-state index in [0.29, 0.717) is 5.69 Å². The average Bonchev–Trinajstić information content (AvgIpc) is 3.40. The second-order valence-corrected chi connectivity index (χ2v) is 8.50. The monoisotopic (exact) mass is 521 g/mol. The number of fused-ring (bicyclic) bond motifs is 2. The molecule has 0 aliphatic carbocycles. The summed E-state index contributed by atoms with van der Waals surface area (Å²) in [6.45, 7) is 1.49. The van der Waals surface area contributed by atoms with E-state index in [-0.39, 0.29) is 39.9 Å². The number of hydrogen-bond acceptors (Lipinski definition) is 8. The van der Waals surface area contributed by atoms with Gasteiger partial charge in [-0.2, -0.15) is 27.1 Å². The van der Waals surface area contributed by atoms with Crippen LogP contribution in [0.2, 0.25) is 0 Å². The maximum Gasteiger partial charge on any atom is 0.453 e. The summed E-state index contributed by atoms with van der Waals surface area (Å²) in [5.41, 5.74) is 3.66. The highest BCUT2D eigenvalue weighted by atomic mass is 19.4. The molecule has 0 fully saturated rings. The first-order chi connectivity index (χ1) is 17.3. The topological polar surface area (TPSA) is 157 Å². The fourth-order valence-electron chi connectivity index (χ4n) is 4.03. The van der Waals surface area contributed by atoms with Crippen molar-refractivity contribution < 1.29 is 26.7 Å². The van der Waals surface area contributed by atoms with Gasteiger partial charge in [0.2, 0.25) is 5.91 Å². The molecule has 1 amide bonds. The zero-order valence-corrected chi connectivity index (χ0v) is 18.8. The summed E-state index contributed by atoms with van der Waals surface area (Å²) >= 11 is 0. The van der Waals surface area contributed by atoms with Gasteiger partial charge in [-0.3, -0.25) is 14.6 Å². The number of nitrogens with two attached hydrogens (primary N) is 1. The van der Waals surface area contributed by atoms with Crippen molar-refractivity contribution in [2.24, 2.45) is 0 Å². The lowest BCUT2D eigenvalue weighted by atomic mass is 9.81. The van der Waals surface area contributed by atoms with E-state index in [4.69, 9.17) is 5.73 Å². The van der Waals surface area contributed by atoms with Gasteiger partial charge in [0, 0.05) is 6.42 Å². The molecule has 5 rings (SSSR count). The number of carbonyl (C=O) groups excluding carboxylic acids is 1. The van der Waals surface area contributed by atoms with E-state index >= 15 is 0 Å². The van der Waals surface area contributed by atoms with E-state index in [9.17, 15) is 31.5 Å². The van der Waals surface area contributed by atoms with Crippen molar-refractivity contribution in [1.29, 1.82) is 0 Å². The molecule has 4 N–H and O–H groups in total. The van der Waals surface area contributed by atoms with Gasteiger partial charge >= 0.3 is 12.1 Å². The van der Waals surface area contributed by atoms with Gasteiger partial charge in [0.25, 0.3) is 5.56 Å². The number of aromatic amines is 1. The van der Waals surface area contributed by atoms with Crippen molar-refractivity contribution in [2.75, 3.05) is 11.1 Å². The van der Waals surface area contributed by atoms with Gasteiger partial charge in [-0.1, -0.05) is 0 Å². The van der Waals surface area contributed by atoms with Crippen LogP contribution in [-0.2, 0) is 16.6 Å². The van der Waals surface area contributed by atoms with Crippen LogP contribution in [0.15, 0.2) is 35.6 Å². The molecule has 1 aliphatic heterocycles. The molecule has 1 aliphatic rings. The number of aryl methyl sites for hydroxylation is 1. The van der Waals surface area contributed by atoms with Crippen LogP contribution in [-0.4, -0.2) is 52.5 Å². The molecule has 16 heteroatoms. The standard InChI is InChI=1S/C21H16F5N9O2/c1-19(12-3-2-9(27)6-28-12)13-15(34-18(19)37)32-14(33-17(13)36)11-7-35-16(29-8-30-35)10(31-11)4-5-20(22,23)21(24,25)26/h2-3,6-8H,4-5,27H2,1H3,(H2,32,33,34,36,37). The van der Waals surface area contributed by atoms with E-state index in [0.717, 1.165) is 10.8 Å². The maximum atomic E-state index is 13.5. The second kappa shape index (κ2) is 8.01. The van der Waals surface area contributed by atoms with Crippen molar-refractivity contribution >= 4 is 23.1 Å². The largest absolute Gasteiger partial charge is 0.453 e. The zero-order chi connectivity index (χ0) is 26.8. The minimum absolute atomic E-state index is 0.0228. The first kappa shape index (κ1) is 24.2. The molecule has 192 valence electrons. The number of H-pyrrole nitrogens is 1. The van der Waals surface area contributed by atoms with Gasteiger partial charge in [0.05, 0.1) is 35.0 Å². The lowest BCUT2D eigenvalue weighted by Crippen LogP contribution is -2.37. The fraction of sp³-hybridized carbons (Fsp3) is 0.286. The molecule has 0 saturated carbocycles. The maximum absolute atomic E-state index is 13.5. The van der Waals surface area contributed by atoms with Crippen molar-refractivity contribution in [2.45, 2.75) is 37.3 Å². The first-order valence-corrected chi connectivity index (χ1v) is 10.6. The predicted octanol–water partition coefficient (Wildman–Crippen LogP) is 2.24. The Labute approximate surface area is 203 Å². The molecule has 0 radical (unpaired) electrons. The summed E-state index contributed by atoms with van der Waals surface area (Å²) in [6, 6.07) is 3.02. The van der Waals surface area contributed by atoms with Gasteiger partial charge in [-0.25, -0.2) is 19.5 Å². The number of aromatic nitrogens is 7. The van der Waals surface area contributed by atoms with Crippen molar-refractivity contribution in [3.63, 3.8) is 0 Å². The van der Waals surface area contributed by atoms with Gasteiger partial charge in [0.15, 0.2) is 11.5 Å². The van der Waals surface area contributed by atoms with Gasteiger partial charge < -0.3 is 16.0 Å². The quantitative estimate of drug-likeness (QED) is 0.338. The lowest BCUT2D eigenvalue weighted by molar-refractivity contribution is -0.284. The number of carbonyl (C=O) groups is 1. The normalized spacial score (nSPS) is 17.7. The van der Waals surface area contributed by atoms with Gasteiger partial charge in [-0.05, 0) is 25.5 Å². The summed E-state index contributed by atoms with van der Waals surface area (Å²) in [5.74, 6) is -5.80. The molecule has 0 saturated heterocycles. The Hall–Kier alpha value is -4.50. The summed E-state index contributed by atoms with van der Waals surface area (Å²) in [7, 11) is 0. The molecule has 5 heterocycles. The number of nitrogen functional groups attached to an aromatic ring is 1. The molecule has 0 aromatic carbocycles. The van der Waals surface area contributed by atoms with Crippen LogP contribution < -0.4 is 16.6 Å². The Balaban J connectivity index is 1.57. The van der Waals surface area contributed by atoms with Crippen LogP contribution in [0.1, 0.15) is 30.3 Å². The highest BCUT2D eigenvalue weighted by Gasteiger charge is 2.56. The molecule has 4 aromatic heterocycles. The first-order valence-electron chi connectivity index (χ1n) is 10.6. The third kappa shape index (κ3) is 3.84. The summed E-state index contributed by atoms with van der Waals surface area (Å²) in [6.07, 6.45) is -4.44. The molecule has 11 nitrogen and oxygen atoms in total. The van der Waals surface area contributed by atoms with E-state index in [1.165, 1.54) is 31.5 Å². The molecule has 1 atom stereocenters. The molecule has 1 unspecified atom stereocenters. The Bertz CT molecular complexity index is 1600. The van der Waals surface area contributed by atoms with Crippen molar-refractivity contribution in [3.05, 3.63) is 58.2 Å². The second-order valence-electron chi connectivity index (χ2n) is 8.50. The minimum Gasteiger partial charge on any atom is -0.397 e. The number of halogens is 5. The van der Waals surface area contributed by atoms with Gasteiger partial charge in [-0.15, -0.1) is 0 Å². The van der Waals surface area contributed by atoms with Crippen LogP contribution in [0.5, 0.6) is 0 Å². The smallest absolute Gasteiger partial charge is 0.397 e. The zero-order valence-electron chi connectivity index (χ0n) is 18.8. The van der Waals surface area contributed by atoms with Crippen LogP contribution in [0.4, 0.5) is 33.5 Å². The minimum atomic E-state index is -5.73. The van der Waals surface area contributed by atoms with E-state index < -0.39 is 41.8 Å². The summed E-state index contributed by atoms with van der Waals surface area (Å²) in [4.78, 5) is 45.0. The summed E-state index contributed by atoms with van der Waals surface area (Å²) in [5, 5.41) is 6.42. The molecule has 0 bridgehead atoms. The van der Waals surface area contributed by atoms with Crippen LogP contribution in [0.3, 0.4) is 0 Å². The Morgan fingerprint density at radius 3 is 2.54 bits per heavy atom.